The van der Waals surface area contributed by atoms with Gasteiger partial charge in [0.2, 0.25) is 0 Å². The Morgan fingerprint density at radius 3 is 3.12 bits per heavy atom. The SMILES string of the molecule is C[C@H](NCC1CCCN1)c1cccc(Br)c1. The molecular formula is C13H19BrN2. The maximum atomic E-state index is 3.58. The summed E-state index contributed by atoms with van der Waals surface area (Å²) in [6, 6.07) is 9.58. The van der Waals surface area contributed by atoms with Crippen molar-refractivity contribution < 1.29 is 0 Å². The van der Waals surface area contributed by atoms with E-state index in [0.29, 0.717) is 12.1 Å². The second kappa shape index (κ2) is 5.80. The van der Waals surface area contributed by atoms with Gasteiger partial charge in [-0.05, 0) is 44.0 Å². The smallest absolute Gasteiger partial charge is 0.0292 e. The van der Waals surface area contributed by atoms with E-state index < -0.39 is 0 Å². The van der Waals surface area contributed by atoms with Crippen molar-refractivity contribution in [2.24, 2.45) is 0 Å². The van der Waals surface area contributed by atoms with Gasteiger partial charge >= 0.3 is 0 Å². The van der Waals surface area contributed by atoms with Crippen molar-refractivity contribution in [2.45, 2.75) is 31.8 Å². The zero-order chi connectivity index (χ0) is 11.4. The van der Waals surface area contributed by atoms with Crippen LogP contribution in [-0.4, -0.2) is 19.1 Å². The van der Waals surface area contributed by atoms with Gasteiger partial charge in [0, 0.05) is 23.1 Å². The lowest BCUT2D eigenvalue weighted by Crippen LogP contribution is -2.35. The second-order valence-electron chi connectivity index (χ2n) is 4.48. The van der Waals surface area contributed by atoms with Gasteiger partial charge in [-0.3, -0.25) is 0 Å². The average Bonchev–Trinajstić information content (AvgIpc) is 2.78. The maximum Gasteiger partial charge on any atom is 0.0292 e. The summed E-state index contributed by atoms with van der Waals surface area (Å²) in [5.74, 6) is 0. The van der Waals surface area contributed by atoms with Crippen molar-refractivity contribution in [2.75, 3.05) is 13.1 Å². The van der Waals surface area contributed by atoms with Gasteiger partial charge < -0.3 is 10.6 Å². The fourth-order valence-corrected chi connectivity index (χ4v) is 2.56. The highest BCUT2D eigenvalue weighted by molar-refractivity contribution is 9.10. The number of hydrogen-bond acceptors (Lipinski definition) is 2. The monoisotopic (exact) mass is 282 g/mol. The third-order valence-corrected chi connectivity index (χ3v) is 3.67. The molecule has 0 aromatic heterocycles. The predicted octanol–water partition coefficient (Wildman–Crippen LogP) is 2.85. The number of hydrogen-bond donors (Lipinski definition) is 2. The lowest BCUT2D eigenvalue weighted by Gasteiger charge is -2.18. The van der Waals surface area contributed by atoms with Crippen molar-refractivity contribution in [3.63, 3.8) is 0 Å². The van der Waals surface area contributed by atoms with Crippen molar-refractivity contribution in [1.82, 2.24) is 10.6 Å². The summed E-state index contributed by atoms with van der Waals surface area (Å²) >= 11 is 3.51. The first kappa shape index (κ1) is 12.1. The fraction of sp³-hybridized carbons (Fsp3) is 0.538. The Bertz CT molecular complexity index is 334. The van der Waals surface area contributed by atoms with Gasteiger partial charge in [0.1, 0.15) is 0 Å². The minimum atomic E-state index is 0.417. The van der Waals surface area contributed by atoms with Crippen LogP contribution in [0, 0.1) is 0 Å². The minimum Gasteiger partial charge on any atom is -0.313 e. The quantitative estimate of drug-likeness (QED) is 0.888. The number of halogens is 1. The Morgan fingerprint density at radius 2 is 2.44 bits per heavy atom. The molecule has 1 fully saturated rings. The molecule has 2 nitrogen and oxygen atoms in total. The van der Waals surface area contributed by atoms with Crippen molar-refractivity contribution in [1.29, 1.82) is 0 Å². The molecule has 1 aromatic rings. The third kappa shape index (κ3) is 3.30. The zero-order valence-corrected chi connectivity index (χ0v) is 11.3. The Balaban J connectivity index is 1.85. The van der Waals surface area contributed by atoms with E-state index in [0.717, 1.165) is 11.0 Å². The summed E-state index contributed by atoms with van der Waals surface area (Å²) in [6.07, 6.45) is 2.62. The standard InChI is InChI=1S/C13H19BrN2/c1-10(11-4-2-5-12(14)8-11)16-9-13-6-3-7-15-13/h2,4-5,8,10,13,15-16H,3,6-7,9H2,1H3/t10-,13?/m0/s1. The molecule has 0 saturated carbocycles. The molecule has 1 unspecified atom stereocenters. The van der Waals surface area contributed by atoms with Gasteiger partial charge in [-0.2, -0.15) is 0 Å². The molecule has 0 aliphatic carbocycles. The van der Waals surface area contributed by atoms with Crippen molar-refractivity contribution in [3.05, 3.63) is 34.3 Å². The molecule has 2 rings (SSSR count). The highest BCUT2D eigenvalue weighted by Gasteiger charge is 2.14. The van der Waals surface area contributed by atoms with E-state index in [1.165, 1.54) is 24.9 Å². The minimum absolute atomic E-state index is 0.417. The topological polar surface area (TPSA) is 24.1 Å². The molecule has 0 radical (unpaired) electrons. The molecule has 0 amide bonds. The lowest BCUT2D eigenvalue weighted by atomic mass is 10.1. The van der Waals surface area contributed by atoms with Crippen LogP contribution in [-0.2, 0) is 0 Å². The van der Waals surface area contributed by atoms with Crippen LogP contribution in [0.3, 0.4) is 0 Å². The van der Waals surface area contributed by atoms with E-state index in [2.05, 4.69) is 57.8 Å². The zero-order valence-electron chi connectivity index (χ0n) is 9.67. The van der Waals surface area contributed by atoms with Gasteiger partial charge in [0.25, 0.3) is 0 Å². The summed E-state index contributed by atoms with van der Waals surface area (Å²) in [4.78, 5) is 0. The molecule has 2 atom stereocenters. The van der Waals surface area contributed by atoms with Gasteiger partial charge in [-0.15, -0.1) is 0 Å². The van der Waals surface area contributed by atoms with E-state index in [-0.39, 0.29) is 0 Å². The molecule has 0 spiro atoms. The van der Waals surface area contributed by atoms with Crippen LogP contribution in [0.4, 0.5) is 0 Å². The molecule has 3 heteroatoms. The van der Waals surface area contributed by atoms with Crippen LogP contribution in [0.2, 0.25) is 0 Å². The molecule has 1 heterocycles. The Kier molecular flexibility index (Phi) is 4.38. The largest absolute Gasteiger partial charge is 0.313 e. The molecule has 2 N–H and O–H groups in total. The van der Waals surface area contributed by atoms with Gasteiger partial charge in [-0.1, -0.05) is 28.1 Å². The van der Waals surface area contributed by atoms with Crippen LogP contribution in [0.15, 0.2) is 28.7 Å². The highest BCUT2D eigenvalue weighted by Crippen LogP contribution is 2.18. The van der Waals surface area contributed by atoms with Crippen LogP contribution in [0.5, 0.6) is 0 Å². The first-order valence-electron chi connectivity index (χ1n) is 5.98. The molecule has 1 aliphatic rings. The number of benzene rings is 1. The second-order valence-corrected chi connectivity index (χ2v) is 5.39. The molecule has 1 aromatic carbocycles. The van der Waals surface area contributed by atoms with E-state index in [9.17, 15) is 0 Å². The predicted molar refractivity (Wildman–Crippen MR) is 71.6 cm³/mol. The first-order chi connectivity index (χ1) is 7.75. The Hall–Kier alpha value is -0.380. The summed E-state index contributed by atoms with van der Waals surface area (Å²) in [7, 11) is 0. The lowest BCUT2D eigenvalue weighted by molar-refractivity contribution is 0.490. The number of nitrogens with one attached hydrogen (secondary N) is 2. The summed E-state index contributed by atoms with van der Waals surface area (Å²) in [5.41, 5.74) is 1.34. The van der Waals surface area contributed by atoms with E-state index in [4.69, 9.17) is 0 Å². The summed E-state index contributed by atoms with van der Waals surface area (Å²) in [5, 5.41) is 7.09. The van der Waals surface area contributed by atoms with Crippen LogP contribution in [0.25, 0.3) is 0 Å². The highest BCUT2D eigenvalue weighted by atomic mass is 79.9. The maximum absolute atomic E-state index is 3.58. The third-order valence-electron chi connectivity index (χ3n) is 3.18. The van der Waals surface area contributed by atoms with E-state index in [1.54, 1.807) is 0 Å². The van der Waals surface area contributed by atoms with Gasteiger partial charge in [0.15, 0.2) is 0 Å². The Labute approximate surface area is 106 Å². The number of rotatable bonds is 4. The normalized spacial score (nSPS) is 22.2. The molecule has 88 valence electrons. The van der Waals surface area contributed by atoms with Crippen LogP contribution < -0.4 is 10.6 Å². The van der Waals surface area contributed by atoms with Gasteiger partial charge in [0.05, 0.1) is 0 Å². The van der Waals surface area contributed by atoms with Crippen molar-refractivity contribution >= 4 is 15.9 Å². The van der Waals surface area contributed by atoms with E-state index in [1.807, 2.05) is 0 Å². The summed E-state index contributed by atoms with van der Waals surface area (Å²) in [6.45, 7) is 4.46. The summed E-state index contributed by atoms with van der Waals surface area (Å²) < 4.78 is 1.15. The molecule has 0 bridgehead atoms. The first-order valence-corrected chi connectivity index (χ1v) is 6.77. The molecule has 16 heavy (non-hydrogen) atoms. The average molecular weight is 283 g/mol. The van der Waals surface area contributed by atoms with Crippen LogP contribution in [0.1, 0.15) is 31.4 Å². The fourth-order valence-electron chi connectivity index (χ4n) is 2.14. The van der Waals surface area contributed by atoms with Gasteiger partial charge in [-0.25, -0.2) is 0 Å². The van der Waals surface area contributed by atoms with Crippen LogP contribution >= 0.6 is 15.9 Å². The molecule has 1 aliphatic heterocycles. The van der Waals surface area contributed by atoms with E-state index >= 15 is 0 Å². The molecular weight excluding hydrogens is 264 g/mol. The Morgan fingerprint density at radius 1 is 1.56 bits per heavy atom. The van der Waals surface area contributed by atoms with Crippen molar-refractivity contribution in [3.8, 4) is 0 Å². The molecule has 1 saturated heterocycles.